The van der Waals surface area contributed by atoms with Gasteiger partial charge in [-0.2, -0.15) is 0 Å². The van der Waals surface area contributed by atoms with Gasteiger partial charge < -0.3 is 0 Å². The van der Waals surface area contributed by atoms with Crippen molar-refractivity contribution in [2.45, 2.75) is 39.7 Å². The van der Waals surface area contributed by atoms with Gasteiger partial charge in [0.2, 0.25) is 0 Å². The highest BCUT2D eigenvalue weighted by Gasteiger charge is 2.11. The Morgan fingerprint density at radius 3 is 2.50 bits per heavy atom. The number of hydrazine groups is 1. The molecule has 0 radical (unpaired) electrons. The van der Waals surface area contributed by atoms with Crippen molar-refractivity contribution in [2.24, 2.45) is 11.8 Å². The van der Waals surface area contributed by atoms with Crippen molar-refractivity contribution in [2.75, 3.05) is 0 Å². The lowest BCUT2D eigenvalue weighted by Gasteiger charge is -2.18. The van der Waals surface area contributed by atoms with E-state index >= 15 is 0 Å². The van der Waals surface area contributed by atoms with Crippen molar-refractivity contribution in [1.82, 2.24) is 5.43 Å². The largest absolute Gasteiger partial charge is 0.271 e. The third-order valence-electron chi connectivity index (χ3n) is 2.82. The van der Waals surface area contributed by atoms with Crippen LogP contribution in [0.3, 0.4) is 0 Å². The molecular formula is C13H21BrN2. The summed E-state index contributed by atoms with van der Waals surface area (Å²) < 4.78 is 1.15. The first-order valence-corrected chi connectivity index (χ1v) is 6.56. The fourth-order valence-corrected chi connectivity index (χ4v) is 1.98. The van der Waals surface area contributed by atoms with Gasteiger partial charge in [0.1, 0.15) is 0 Å². The standard InChI is InChI=1S/C13H21BrN2/c1-9(2)4-7-13(16-15)11-5-6-12(14)10(3)8-11/h5-6,8-9,13,16H,4,7,15H2,1-3H3. The van der Waals surface area contributed by atoms with E-state index < -0.39 is 0 Å². The molecular weight excluding hydrogens is 264 g/mol. The molecule has 0 aliphatic carbocycles. The highest BCUT2D eigenvalue weighted by atomic mass is 79.9. The van der Waals surface area contributed by atoms with Crippen LogP contribution >= 0.6 is 15.9 Å². The Labute approximate surface area is 107 Å². The monoisotopic (exact) mass is 284 g/mol. The summed E-state index contributed by atoms with van der Waals surface area (Å²) in [6.45, 7) is 6.57. The summed E-state index contributed by atoms with van der Waals surface area (Å²) in [4.78, 5) is 0. The maximum absolute atomic E-state index is 5.62. The van der Waals surface area contributed by atoms with Crippen molar-refractivity contribution in [1.29, 1.82) is 0 Å². The quantitative estimate of drug-likeness (QED) is 0.639. The Balaban J connectivity index is 2.74. The first kappa shape index (κ1) is 13.7. The molecule has 16 heavy (non-hydrogen) atoms. The second-order valence-electron chi connectivity index (χ2n) is 4.70. The van der Waals surface area contributed by atoms with E-state index in [-0.39, 0.29) is 6.04 Å². The molecule has 3 heteroatoms. The number of nitrogens with two attached hydrogens (primary N) is 1. The Morgan fingerprint density at radius 2 is 2.00 bits per heavy atom. The molecule has 0 aromatic heterocycles. The molecule has 1 unspecified atom stereocenters. The molecule has 90 valence electrons. The Bertz CT molecular complexity index is 337. The molecule has 1 aromatic carbocycles. The molecule has 0 aliphatic heterocycles. The van der Waals surface area contributed by atoms with E-state index in [2.05, 4.69) is 60.3 Å². The third kappa shape index (κ3) is 3.89. The minimum atomic E-state index is 0.259. The molecule has 3 N–H and O–H groups in total. The topological polar surface area (TPSA) is 38.0 Å². The summed E-state index contributed by atoms with van der Waals surface area (Å²) >= 11 is 3.51. The molecule has 2 nitrogen and oxygen atoms in total. The minimum Gasteiger partial charge on any atom is -0.271 e. The van der Waals surface area contributed by atoms with E-state index in [0.717, 1.165) is 10.9 Å². The molecule has 0 saturated heterocycles. The highest BCUT2D eigenvalue weighted by Crippen LogP contribution is 2.24. The average Bonchev–Trinajstić information content (AvgIpc) is 2.23. The van der Waals surface area contributed by atoms with Crippen LogP contribution in [0.2, 0.25) is 0 Å². The van der Waals surface area contributed by atoms with E-state index in [1.165, 1.54) is 17.5 Å². The number of aryl methyl sites for hydroxylation is 1. The number of rotatable bonds is 5. The van der Waals surface area contributed by atoms with Crippen LogP contribution in [0.4, 0.5) is 0 Å². The zero-order valence-electron chi connectivity index (χ0n) is 10.3. The first-order chi connectivity index (χ1) is 7.54. The summed E-state index contributed by atoms with van der Waals surface area (Å²) in [5.74, 6) is 6.33. The normalized spacial score (nSPS) is 13.1. The van der Waals surface area contributed by atoms with Gasteiger partial charge in [-0.15, -0.1) is 0 Å². The molecule has 0 fully saturated rings. The number of halogens is 1. The zero-order valence-corrected chi connectivity index (χ0v) is 11.8. The molecule has 0 heterocycles. The number of hydrogen-bond acceptors (Lipinski definition) is 2. The SMILES string of the molecule is Cc1cc(C(CCC(C)C)NN)ccc1Br. The van der Waals surface area contributed by atoms with Crippen LogP contribution < -0.4 is 11.3 Å². The predicted octanol–water partition coefficient (Wildman–Crippen LogP) is 3.70. The van der Waals surface area contributed by atoms with Gasteiger partial charge in [-0.3, -0.25) is 11.3 Å². The van der Waals surface area contributed by atoms with E-state index in [4.69, 9.17) is 5.84 Å². The predicted molar refractivity (Wildman–Crippen MR) is 73.0 cm³/mol. The maximum atomic E-state index is 5.62. The van der Waals surface area contributed by atoms with Crippen molar-refractivity contribution in [3.05, 3.63) is 33.8 Å². The lowest BCUT2D eigenvalue weighted by molar-refractivity contribution is 0.448. The smallest absolute Gasteiger partial charge is 0.0460 e. The van der Waals surface area contributed by atoms with Gasteiger partial charge in [0.05, 0.1) is 0 Å². The highest BCUT2D eigenvalue weighted by molar-refractivity contribution is 9.10. The Hall–Kier alpha value is -0.380. The molecule has 1 atom stereocenters. The molecule has 0 spiro atoms. The van der Waals surface area contributed by atoms with Gasteiger partial charge in [-0.05, 0) is 42.9 Å². The lowest BCUT2D eigenvalue weighted by Crippen LogP contribution is -2.28. The van der Waals surface area contributed by atoms with Crippen LogP contribution in [0, 0.1) is 12.8 Å². The molecule has 0 bridgehead atoms. The van der Waals surface area contributed by atoms with Crippen molar-refractivity contribution in [3.63, 3.8) is 0 Å². The van der Waals surface area contributed by atoms with Gasteiger partial charge in [-0.1, -0.05) is 41.9 Å². The van der Waals surface area contributed by atoms with Crippen molar-refractivity contribution < 1.29 is 0 Å². The van der Waals surface area contributed by atoms with Gasteiger partial charge in [0, 0.05) is 10.5 Å². The van der Waals surface area contributed by atoms with Gasteiger partial charge in [-0.25, -0.2) is 0 Å². The van der Waals surface area contributed by atoms with Gasteiger partial charge >= 0.3 is 0 Å². The Kier molecular flexibility index (Phi) is 5.46. The van der Waals surface area contributed by atoms with Crippen LogP contribution in [0.1, 0.15) is 43.9 Å². The zero-order chi connectivity index (χ0) is 12.1. The summed E-state index contributed by atoms with van der Waals surface area (Å²) in [5.41, 5.74) is 5.42. The lowest BCUT2D eigenvalue weighted by atomic mass is 9.97. The van der Waals surface area contributed by atoms with E-state index in [0.29, 0.717) is 5.92 Å². The maximum Gasteiger partial charge on any atom is 0.0460 e. The fourth-order valence-electron chi connectivity index (χ4n) is 1.73. The van der Waals surface area contributed by atoms with E-state index in [9.17, 15) is 0 Å². The fraction of sp³-hybridized carbons (Fsp3) is 0.538. The molecule has 0 aliphatic rings. The van der Waals surface area contributed by atoms with Crippen LogP contribution in [0.5, 0.6) is 0 Å². The van der Waals surface area contributed by atoms with E-state index in [1.54, 1.807) is 0 Å². The number of hydrogen-bond donors (Lipinski definition) is 2. The van der Waals surface area contributed by atoms with E-state index in [1.807, 2.05) is 0 Å². The molecule has 1 aromatic rings. The van der Waals surface area contributed by atoms with Crippen molar-refractivity contribution in [3.8, 4) is 0 Å². The van der Waals surface area contributed by atoms with Gasteiger partial charge in [0.15, 0.2) is 0 Å². The van der Waals surface area contributed by atoms with Crippen LogP contribution in [-0.4, -0.2) is 0 Å². The summed E-state index contributed by atoms with van der Waals surface area (Å²) in [6, 6.07) is 6.66. The van der Waals surface area contributed by atoms with Crippen LogP contribution in [-0.2, 0) is 0 Å². The second kappa shape index (κ2) is 6.38. The third-order valence-corrected chi connectivity index (χ3v) is 3.71. The van der Waals surface area contributed by atoms with Crippen LogP contribution in [0.15, 0.2) is 22.7 Å². The van der Waals surface area contributed by atoms with Gasteiger partial charge in [0.25, 0.3) is 0 Å². The molecule has 0 saturated carbocycles. The summed E-state index contributed by atoms with van der Waals surface area (Å²) in [5, 5.41) is 0. The first-order valence-electron chi connectivity index (χ1n) is 5.76. The average molecular weight is 285 g/mol. The number of nitrogens with one attached hydrogen (secondary N) is 1. The summed E-state index contributed by atoms with van der Waals surface area (Å²) in [7, 11) is 0. The van der Waals surface area contributed by atoms with Crippen molar-refractivity contribution >= 4 is 15.9 Å². The molecule has 1 rings (SSSR count). The number of benzene rings is 1. The van der Waals surface area contributed by atoms with Crippen LogP contribution in [0.25, 0.3) is 0 Å². The summed E-state index contributed by atoms with van der Waals surface area (Å²) in [6.07, 6.45) is 2.26. The minimum absolute atomic E-state index is 0.259. The second-order valence-corrected chi connectivity index (χ2v) is 5.55. The molecule has 0 amide bonds. The Morgan fingerprint density at radius 1 is 1.31 bits per heavy atom.